The average Bonchev–Trinajstić information content (AvgIpc) is 2.47. The molecule has 0 saturated carbocycles. The molecule has 1 aromatic rings. The average molecular weight is 292 g/mol. The number of carbonyl (C=O) groups is 1. The Balaban J connectivity index is 2.05. The van der Waals surface area contributed by atoms with Gasteiger partial charge in [0.2, 0.25) is 5.91 Å². The van der Waals surface area contributed by atoms with Crippen molar-refractivity contribution in [2.24, 2.45) is 5.92 Å². The van der Waals surface area contributed by atoms with Crippen molar-refractivity contribution >= 4 is 5.91 Å². The highest BCUT2D eigenvalue weighted by Crippen LogP contribution is 2.28. The molecule has 0 radical (unpaired) electrons. The van der Waals surface area contributed by atoms with Crippen LogP contribution in [0.5, 0.6) is 0 Å². The molecule has 0 unspecified atom stereocenters. The maximum absolute atomic E-state index is 13.4. The summed E-state index contributed by atoms with van der Waals surface area (Å²) >= 11 is 0. The number of carbonyl (C=O) groups excluding carboxylic acids is 1. The van der Waals surface area contributed by atoms with Gasteiger partial charge in [-0.2, -0.15) is 0 Å². The molecule has 1 aliphatic heterocycles. The molecule has 1 fully saturated rings. The smallest absolute Gasteiger partial charge is 0.232 e. The first-order chi connectivity index (χ1) is 9.95. The number of halogens is 1. The minimum Gasteiger partial charge on any atom is -0.342 e. The van der Waals surface area contributed by atoms with Crippen LogP contribution in [0.15, 0.2) is 24.3 Å². The molecule has 0 aromatic heterocycles. The molecule has 0 spiro atoms. The zero-order valence-electron chi connectivity index (χ0n) is 13.2. The summed E-state index contributed by atoms with van der Waals surface area (Å²) < 4.78 is 13.4. The van der Waals surface area contributed by atoms with E-state index < -0.39 is 5.41 Å². The van der Waals surface area contributed by atoms with Crippen LogP contribution in [-0.2, 0) is 10.2 Å². The Morgan fingerprint density at radius 1 is 1.38 bits per heavy atom. The van der Waals surface area contributed by atoms with Gasteiger partial charge in [0.1, 0.15) is 5.82 Å². The van der Waals surface area contributed by atoms with Gasteiger partial charge in [-0.15, -0.1) is 0 Å². The van der Waals surface area contributed by atoms with Gasteiger partial charge in [0, 0.05) is 13.1 Å². The Labute approximate surface area is 126 Å². The summed E-state index contributed by atoms with van der Waals surface area (Å²) in [4.78, 5) is 14.7. The highest BCUT2D eigenvalue weighted by atomic mass is 19.1. The van der Waals surface area contributed by atoms with E-state index in [1.807, 2.05) is 31.9 Å². The lowest BCUT2D eigenvalue weighted by molar-refractivity contribution is -0.137. The molecular formula is C17H25FN2O. The van der Waals surface area contributed by atoms with Gasteiger partial charge in [0.05, 0.1) is 5.41 Å². The molecule has 1 amide bonds. The zero-order valence-corrected chi connectivity index (χ0v) is 13.2. The van der Waals surface area contributed by atoms with Crippen molar-refractivity contribution in [2.45, 2.75) is 32.1 Å². The molecular weight excluding hydrogens is 267 g/mol. The fraction of sp³-hybridized carbons (Fsp3) is 0.588. The number of hydrogen-bond donors (Lipinski definition) is 1. The summed E-state index contributed by atoms with van der Waals surface area (Å²) in [5.74, 6) is 0.452. The molecule has 21 heavy (non-hydrogen) atoms. The van der Waals surface area contributed by atoms with E-state index in [0.29, 0.717) is 5.92 Å². The standard InChI is InChI=1S/C17H25FN2O/c1-17(2,14-5-4-6-15(18)11-14)16(21)20-9-7-13(8-10-20)12-19-3/h4-6,11,13,19H,7-10,12H2,1-3H3. The predicted octanol–water partition coefficient (Wildman–Crippen LogP) is 2.56. The van der Waals surface area contributed by atoms with Crippen molar-refractivity contribution in [1.29, 1.82) is 0 Å². The van der Waals surface area contributed by atoms with Gasteiger partial charge in [0.15, 0.2) is 0 Å². The number of piperidine rings is 1. The molecule has 1 aromatic carbocycles. The van der Waals surface area contributed by atoms with Crippen LogP contribution in [-0.4, -0.2) is 37.5 Å². The first kappa shape index (κ1) is 16.0. The number of amides is 1. The Morgan fingerprint density at radius 2 is 2.05 bits per heavy atom. The lowest BCUT2D eigenvalue weighted by atomic mass is 9.82. The minimum atomic E-state index is -0.683. The molecule has 0 aliphatic carbocycles. The van der Waals surface area contributed by atoms with Crippen LogP contribution >= 0.6 is 0 Å². The maximum atomic E-state index is 13.4. The summed E-state index contributed by atoms with van der Waals surface area (Å²) in [5.41, 5.74) is 0.0580. The summed E-state index contributed by atoms with van der Waals surface area (Å²) in [7, 11) is 1.96. The van der Waals surface area contributed by atoms with Gasteiger partial charge >= 0.3 is 0 Å². The highest BCUT2D eigenvalue weighted by Gasteiger charge is 2.35. The summed E-state index contributed by atoms with van der Waals surface area (Å²) in [5, 5.41) is 3.20. The van der Waals surface area contributed by atoms with E-state index in [1.165, 1.54) is 12.1 Å². The molecule has 1 saturated heterocycles. The van der Waals surface area contributed by atoms with Crippen molar-refractivity contribution in [3.63, 3.8) is 0 Å². The van der Waals surface area contributed by atoms with Crippen LogP contribution in [0.2, 0.25) is 0 Å². The normalized spacial score (nSPS) is 17.0. The van der Waals surface area contributed by atoms with Crippen LogP contribution in [0, 0.1) is 11.7 Å². The third kappa shape index (κ3) is 3.62. The summed E-state index contributed by atoms with van der Waals surface area (Å²) in [6.07, 6.45) is 2.07. The van der Waals surface area contributed by atoms with Crippen LogP contribution in [0.3, 0.4) is 0 Å². The van der Waals surface area contributed by atoms with Crippen molar-refractivity contribution < 1.29 is 9.18 Å². The van der Waals surface area contributed by atoms with E-state index in [-0.39, 0.29) is 11.7 Å². The highest BCUT2D eigenvalue weighted by molar-refractivity contribution is 5.87. The fourth-order valence-corrected chi connectivity index (χ4v) is 3.02. The van der Waals surface area contributed by atoms with Crippen LogP contribution in [0.25, 0.3) is 0 Å². The minimum absolute atomic E-state index is 0.0935. The second kappa shape index (κ2) is 6.56. The lowest BCUT2D eigenvalue weighted by Gasteiger charge is -2.37. The third-order valence-electron chi connectivity index (χ3n) is 4.48. The first-order valence-corrected chi connectivity index (χ1v) is 7.65. The number of hydrogen-bond acceptors (Lipinski definition) is 2. The predicted molar refractivity (Wildman–Crippen MR) is 82.7 cm³/mol. The Hall–Kier alpha value is -1.42. The van der Waals surface area contributed by atoms with Crippen molar-refractivity contribution in [2.75, 3.05) is 26.7 Å². The second-order valence-corrected chi connectivity index (χ2v) is 6.43. The number of nitrogens with zero attached hydrogens (tertiary/aromatic N) is 1. The quantitative estimate of drug-likeness (QED) is 0.925. The second-order valence-electron chi connectivity index (χ2n) is 6.43. The Bertz CT molecular complexity index is 493. The summed E-state index contributed by atoms with van der Waals surface area (Å²) in [6, 6.07) is 6.37. The molecule has 1 aliphatic rings. The van der Waals surface area contributed by atoms with E-state index in [0.717, 1.165) is 38.0 Å². The molecule has 0 atom stereocenters. The third-order valence-corrected chi connectivity index (χ3v) is 4.48. The van der Waals surface area contributed by atoms with Gasteiger partial charge in [-0.25, -0.2) is 4.39 Å². The van der Waals surface area contributed by atoms with Crippen LogP contribution < -0.4 is 5.32 Å². The van der Waals surface area contributed by atoms with Gasteiger partial charge in [0.25, 0.3) is 0 Å². The van der Waals surface area contributed by atoms with Crippen molar-refractivity contribution in [3.05, 3.63) is 35.6 Å². The fourth-order valence-electron chi connectivity index (χ4n) is 3.02. The van der Waals surface area contributed by atoms with Crippen molar-refractivity contribution in [1.82, 2.24) is 10.2 Å². The lowest BCUT2D eigenvalue weighted by Crippen LogP contribution is -2.47. The van der Waals surface area contributed by atoms with E-state index in [9.17, 15) is 9.18 Å². The monoisotopic (exact) mass is 292 g/mol. The van der Waals surface area contributed by atoms with E-state index in [1.54, 1.807) is 6.07 Å². The first-order valence-electron chi connectivity index (χ1n) is 7.65. The molecule has 1 heterocycles. The van der Waals surface area contributed by atoms with E-state index in [4.69, 9.17) is 0 Å². The Kier molecular flexibility index (Phi) is 4.99. The van der Waals surface area contributed by atoms with Crippen LogP contribution in [0.1, 0.15) is 32.3 Å². The van der Waals surface area contributed by atoms with Gasteiger partial charge in [-0.1, -0.05) is 12.1 Å². The van der Waals surface area contributed by atoms with E-state index >= 15 is 0 Å². The molecule has 1 N–H and O–H groups in total. The SMILES string of the molecule is CNCC1CCN(C(=O)C(C)(C)c2cccc(F)c2)CC1. The molecule has 0 bridgehead atoms. The van der Waals surface area contributed by atoms with Gasteiger partial charge in [-0.3, -0.25) is 4.79 Å². The number of benzene rings is 1. The van der Waals surface area contributed by atoms with E-state index in [2.05, 4.69) is 5.32 Å². The number of nitrogens with one attached hydrogen (secondary N) is 1. The van der Waals surface area contributed by atoms with Gasteiger partial charge < -0.3 is 10.2 Å². The molecule has 3 nitrogen and oxygen atoms in total. The molecule has 2 rings (SSSR count). The largest absolute Gasteiger partial charge is 0.342 e. The maximum Gasteiger partial charge on any atom is 0.232 e. The number of likely N-dealkylation sites (tertiary alicyclic amines) is 1. The van der Waals surface area contributed by atoms with Gasteiger partial charge in [-0.05, 0) is 63.9 Å². The molecule has 116 valence electrons. The number of rotatable bonds is 4. The van der Waals surface area contributed by atoms with Crippen molar-refractivity contribution in [3.8, 4) is 0 Å². The van der Waals surface area contributed by atoms with Crippen LogP contribution in [0.4, 0.5) is 4.39 Å². The topological polar surface area (TPSA) is 32.3 Å². The molecule has 4 heteroatoms. The Morgan fingerprint density at radius 3 is 2.62 bits per heavy atom. The summed E-state index contributed by atoms with van der Waals surface area (Å²) in [6.45, 7) is 6.36. The zero-order chi connectivity index (χ0) is 15.5.